The summed E-state index contributed by atoms with van der Waals surface area (Å²) in [6.07, 6.45) is 2.08. The van der Waals surface area contributed by atoms with Crippen LogP contribution in [0.25, 0.3) is 0 Å². The molecule has 6 nitrogen and oxygen atoms in total. The molecule has 0 aliphatic heterocycles. The van der Waals surface area contributed by atoms with Crippen molar-refractivity contribution in [2.24, 2.45) is 29.1 Å². The van der Waals surface area contributed by atoms with Crippen LogP contribution in [-0.4, -0.2) is 60.8 Å². The molecule has 6 heteroatoms. The highest BCUT2D eigenvalue weighted by molar-refractivity contribution is 6.04. The lowest BCUT2D eigenvalue weighted by atomic mass is 9.59. The highest BCUT2D eigenvalue weighted by atomic mass is 16.4. The van der Waals surface area contributed by atoms with Gasteiger partial charge in [-0.15, -0.1) is 0 Å². The van der Waals surface area contributed by atoms with Gasteiger partial charge in [-0.2, -0.15) is 0 Å². The third-order valence-electron chi connectivity index (χ3n) is 8.04. The lowest BCUT2D eigenvalue weighted by Crippen LogP contribution is -2.65. The predicted molar refractivity (Wildman–Crippen MR) is 92.8 cm³/mol. The fraction of sp³-hybridized carbons (Fsp3) is 0.750. The Morgan fingerprint density at radius 2 is 1.81 bits per heavy atom. The van der Waals surface area contributed by atoms with Crippen LogP contribution >= 0.6 is 0 Å². The molecule has 5 unspecified atom stereocenters. The summed E-state index contributed by atoms with van der Waals surface area (Å²) >= 11 is 0. The van der Waals surface area contributed by atoms with Gasteiger partial charge in [-0.05, 0) is 18.1 Å². The van der Waals surface area contributed by atoms with Crippen LogP contribution in [0.15, 0.2) is 23.3 Å². The summed E-state index contributed by atoms with van der Waals surface area (Å²) in [6.45, 7) is 6.63. The zero-order valence-electron chi connectivity index (χ0n) is 15.6. The number of ketones is 1. The van der Waals surface area contributed by atoms with E-state index in [2.05, 4.69) is 0 Å². The number of rotatable bonds is 1. The van der Waals surface area contributed by atoms with Gasteiger partial charge in [0.1, 0.15) is 11.2 Å². The van der Waals surface area contributed by atoms with E-state index in [-0.39, 0.29) is 13.0 Å². The summed E-state index contributed by atoms with van der Waals surface area (Å²) in [5.41, 5.74) is -4.57. The molecular formula is C20H28O6. The van der Waals surface area contributed by atoms with E-state index in [1.165, 1.54) is 0 Å². The van der Waals surface area contributed by atoms with Crippen molar-refractivity contribution in [3.8, 4) is 0 Å². The van der Waals surface area contributed by atoms with E-state index >= 15 is 0 Å². The third kappa shape index (κ3) is 1.69. The molecule has 0 aromatic heterocycles. The molecule has 4 aliphatic carbocycles. The highest BCUT2D eigenvalue weighted by Gasteiger charge is 2.84. The molecule has 26 heavy (non-hydrogen) atoms. The van der Waals surface area contributed by atoms with Gasteiger partial charge >= 0.3 is 0 Å². The van der Waals surface area contributed by atoms with Gasteiger partial charge in [0.05, 0.1) is 18.3 Å². The van der Waals surface area contributed by atoms with Crippen LogP contribution in [0.3, 0.4) is 0 Å². The molecule has 0 radical (unpaired) electrons. The molecule has 0 saturated heterocycles. The summed E-state index contributed by atoms with van der Waals surface area (Å²) in [5.74, 6) is -3.14. The fourth-order valence-corrected chi connectivity index (χ4v) is 6.45. The van der Waals surface area contributed by atoms with E-state index in [0.29, 0.717) is 11.1 Å². The summed E-state index contributed by atoms with van der Waals surface area (Å²) in [6, 6.07) is 0. The normalized spacial score (nSPS) is 54.5. The van der Waals surface area contributed by atoms with Crippen LogP contribution in [0.5, 0.6) is 0 Å². The second kappa shape index (κ2) is 4.86. The molecular weight excluding hydrogens is 336 g/mol. The smallest absolute Gasteiger partial charge is 0.190 e. The molecule has 2 saturated carbocycles. The maximum atomic E-state index is 12.7. The minimum absolute atomic E-state index is 0.0615. The van der Waals surface area contributed by atoms with Crippen LogP contribution < -0.4 is 0 Å². The Bertz CT molecular complexity index is 753. The van der Waals surface area contributed by atoms with E-state index in [0.717, 1.165) is 0 Å². The maximum absolute atomic E-state index is 12.7. The summed E-state index contributed by atoms with van der Waals surface area (Å²) in [5, 5.41) is 54.9. The number of aliphatic hydroxyl groups excluding tert-OH is 2. The number of carbonyl (C=O) groups excluding carboxylic acids is 1. The molecule has 0 bridgehead atoms. The number of hydrogen-bond acceptors (Lipinski definition) is 6. The van der Waals surface area contributed by atoms with E-state index in [1.807, 2.05) is 13.8 Å². The summed E-state index contributed by atoms with van der Waals surface area (Å²) in [4.78, 5) is 12.7. The topological polar surface area (TPSA) is 118 Å². The van der Waals surface area contributed by atoms with Gasteiger partial charge in [-0.25, -0.2) is 0 Å². The van der Waals surface area contributed by atoms with Crippen LogP contribution in [0.1, 0.15) is 34.1 Å². The Morgan fingerprint density at radius 1 is 1.19 bits per heavy atom. The Labute approximate surface area is 152 Å². The van der Waals surface area contributed by atoms with Crippen molar-refractivity contribution < 1.29 is 30.3 Å². The van der Waals surface area contributed by atoms with Crippen molar-refractivity contribution in [3.63, 3.8) is 0 Å². The first-order valence-corrected chi connectivity index (χ1v) is 9.27. The van der Waals surface area contributed by atoms with Crippen molar-refractivity contribution in [1.82, 2.24) is 0 Å². The van der Waals surface area contributed by atoms with E-state index in [9.17, 15) is 30.3 Å². The molecule has 0 spiro atoms. The van der Waals surface area contributed by atoms with E-state index in [4.69, 9.17) is 0 Å². The van der Waals surface area contributed by atoms with Crippen LogP contribution in [0.2, 0.25) is 0 Å². The van der Waals surface area contributed by atoms with Crippen molar-refractivity contribution in [2.45, 2.75) is 57.0 Å². The largest absolute Gasteiger partial charge is 0.392 e. The summed E-state index contributed by atoms with van der Waals surface area (Å²) < 4.78 is 0. The van der Waals surface area contributed by atoms with Crippen LogP contribution in [-0.2, 0) is 4.79 Å². The van der Waals surface area contributed by atoms with Gasteiger partial charge in [0.15, 0.2) is 5.78 Å². The van der Waals surface area contributed by atoms with Crippen molar-refractivity contribution >= 4 is 5.78 Å². The van der Waals surface area contributed by atoms with Gasteiger partial charge < -0.3 is 25.5 Å². The lowest BCUT2D eigenvalue weighted by molar-refractivity contribution is -0.209. The van der Waals surface area contributed by atoms with E-state index in [1.54, 1.807) is 26.0 Å². The number of fused-ring (bicyclic) bond motifs is 5. The van der Waals surface area contributed by atoms with Crippen molar-refractivity contribution in [3.05, 3.63) is 23.3 Å². The highest BCUT2D eigenvalue weighted by Crippen LogP contribution is 2.74. The first-order valence-electron chi connectivity index (χ1n) is 9.27. The average molecular weight is 364 g/mol. The molecule has 144 valence electrons. The molecule has 2 fully saturated rings. The Balaban J connectivity index is 1.96. The molecule has 5 N–H and O–H groups in total. The molecule has 0 aromatic carbocycles. The van der Waals surface area contributed by atoms with Crippen molar-refractivity contribution in [2.75, 3.05) is 6.61 Å². The zero-order valence-corrected chi connectivity index (χ0v) is 15.6. The second-order valence-corrected chi connectivity index (χ2v) is 9.41. The average Bonchev–Trinajstić information content (AvgIpc) is 2.97. The van der Waals surface area contributed by atoms with Gasteiger partial charge in [0.25, 0.3) is 0 Å². The first-order chi connectivity index (χ1) is 11.9. The number of Topliss-reactive ketones (excluding diaryl/α,β-unsaturated/α-hetero) is 1. The van der Waals surface area contributed by atoms with Gasteiger partial charge in [0, 0.05) is 35.5 Å². The Morgan fingerprint density at radius 3 is 2.38 bits per heavy atom. The van der Waals surface area contributed by atoms with Gasteiger partial charge in [-0.3, -0.25) is 4.79 Å². The number of hydrogen-bond donors (Lipinski definition) is 5. The second-order valence-electron chi connectivity index (χ2n) is 9.41. The predicted octanol–water partition coefficient (Wildman–Crippen LogP) is -0.0699. The van der Waals surface area contributed by atoms with Crippen LogP contribution in [0, 0.1) is 29.1 Å². The molecule has 0 amide bonds. The SMILES string of the molecule is CC1=CC2[C@@]3(O)C(C)C(O)[C@]4(O)C(C3C=C(CO)C[C@@]2(O)C1=O)C4(C)C. The minimum atomic E-state index is -1.84. The van der Waals surface area contributed by atoms with Gasteiger partial charge in [0.2, 0.25) is 0 Å². The monoisotopic (exact) mass is 364 g/mol. The maximum Gasteiger partial charge on any atom is 0.190 e. The van der Waals surface area contributed by atoms with Crippen LogP contribution in [0.4, 0.5) is 0 Å². The fourth-order valence-electron chi connectivity index (χ4n) is 6.45. The summed E-state index contributed by atoms with van der Waals surface area (Å²) in [7, 11) is 0. The van der Waals surface area contributed by atoms with Gasteiger partial charge in [-0.1, -0.05) is 32.9 Å². The Hall–Kier alpha value is -1.05. The zero-order chi connectivity index (χ0) is 19.4. The molecule has 4 rings (SSSR count). The quantitative estimate of drug-likeness (QED) is 0.416. The standard InChI is InChI=1S/C20H28O6/c1-9-5-13-18(24,15(9)22)7-11(8-21)6-12-14-17(3,4)20(14,26)16(23)10(2)19(12,13)25/h5-6,10,12-14,16,21,23-26H,7-8H2,1-4H3/t10?,12?,13?,14?,16?,18-,19+,20+/m0/s1. The number of carbonyl (C=O) groups is 1. The lowest BCUT2D eigenvalue weighted by Gasteiger charge is -2.51. The third-order valence-corrected chi connectivity index (χ3v) is 8.04. The first kappa shape index (κ1) is 18.3. The van der Waals surface area contributed by atoms with Crippen molar-refractivity contribution in [1.29, 1.82) is 0 Å². The molecule has 8 atom stereocenters. The van der Waals surface area contributed by atoms with E-state index < -0.39 is 57.8 Å². The molecule has 4 aliphatic rings. The Kier molecular flexibility index (Phi) is 3.42. The number of aliphatic hydroxyl groups is 5. The molecule has 0 heterocycles. The molecule has 0 aromatic rings. The minimum Gasteiger partial charge on any atom is -0.392 e.